The van der Waals surface area contributed by atoms with Crippen molar-refractivity contribution in [2.24, 2.45) is 5.73 Å². The molecule has 0 radical (unpaired) electrons. The summed E-state index contributed by atoms with van der Waals surface area (Å²) < 4.78 is 7.13. The number of nitrogens with zero attached hydrogens (tertiary/aromatic N) is 1. The topological polar surface area (TPSA) is 48.1 Å². The zero-order chi connectivity index (χ0) is 11.8. The SMILES string of the molecule is Cc1ccc2nc(C3CCC(CN)O3)sc2c1. The number of ether oxygens (including phenoxy) is 1. The average molecular weight is 248 g/mol. The third-order valence-corrected chi connectivity index (χ3v) is 4.32. The summed E-state index contributed by atoms with van der Waals surface area (Å²) >= 11 is 1.74. The van der Waals surface area contributed by atoms with Crippen LogP contribution in [0.2, 0.25) is 0 Å². The van der Waals surface area contributed by atoms with Crippen LogP contribution in [0.25, 0.3) is 10.2 Å². The van der Waals surface area contributed by atoms with E-state index in [9.17, 15) is 0 Å². The molecular weight excluding hydrogens is 232 g/mol. The lowest BCUT2D eigenvalue weighted by Gasteiger charge is -2.08. The summed E-state index contributed by atoms with van der Waals surface area (Å²) in [6.45, 7) is 2.72. The van der Waals surface area contributed by atoms with E-state index in [4.69, 9.17) is 10.5 Å². The van der Waals surface area contributed by atoms with Gasteiger partial charge in [-0.25, -0.2) is 4.98 Å². The van der Waals surface area contributed by atoms with Crippen LogP contribution in [0.15, 0.2) is 18.2 Å². The van der Waals surface area contributed by atoms with Gasteiger partial charge in [0.15, 0.2) is 0 Å². The summed E-state index contributed by atoms with van der Waals surface area (Å²) in [4.78, 5) is 4.66. The highest BCUT2D eigenvalue weighted by Gasteiger charge is 2.27. The molecule has 2 aromatic rings. The van der Waals surface area contributed by atoms with Crippen molar-refractivity contribution in [3.05, 3.63) is 28.8 Å². The van der Waals surface area contributed by atoms with Crippen LogP contribution in [0.1, 0.15) is 29.5 Å². The van der Waals surface area contributed by atoms with Crippen molar-refractivity contribution >= 4 is 21.6 Å². The number of aryl methyl sites for hydroxylation is 1. The first-order valence-electron chi connectivity index (χ1n) is 5.99. The molecule has 3 rings (SSSR count). The summed E-state index contributed by atoms with van der Waals surface area (Å²) in [5, 5.41) is 1.10. The van der Waals surface area contributed by atoms with E-state index in [1.54, 1.807) is 11.3 Å². The van der Waals surface area contributed by atoms with Gasteiger partial charge in [-0.15, -0.1) is 11.3 Å². The number of hydrogen-bond acceptors (Lipinski definition) is 4. The molecule has 2 unspecified atom stereocenters. The molecule has 0 aliphatic carbocycles. The fraction of sp³-hybridized carbons (Fsp3) is 0.462. The maximum absolute atomic E-state index is 5.88. The Morgan fingerprint density at radius 3 is 3.12 bits per heavy atom. The second-order valence-corrected chi connectivity index (χ2v) is 5.65. The number of rotatable bonds is 2. The number of hydrogen-bond donors (Lipinski definition) is 1. The average Bonchev–Trinajstić information content (AvgIpc) is 2.93. The molecule has 2 atom stereocenters. The van der Waals surface area contributed by atoms with E-state index >= 15 is 0 Å². The fourth-order valence-corrected chi connectivity index (χ4v) is 3.39. The Bertz CT molecular complexity index is 537. The van der Waals surface area contributed by atoms with Crippen molar-refractivity contribution in [2.45, 2.75) is 32.0 Å². The highest BCUT2D eigenvalue weighted by Crippen LogP contribution is 2.36. The molecule has 3 nitrogen and oxygen atoms in total. The molecule has 1 aromatic carbocycles. The Balaban J connectivity index is 1.91. The van der Waals surface area contributed by atoms with Gasteiger partial charge >= 0.3 is 0 Å². The van der Waals surface area contributed by atoms with Crippen molar-refractivity contribution < 1.29 is 4.74 Å². The van der Waals surface area contributed by atoms with E-state index in [1.165, 1.54) is 10.3 Å². The second-order valence-electron chi connectivity index (χ2n) is 4.58. The zero-order valence-corrected chi connectivity index (χ0v) is 10.7. The molecule has 2 N–H and O–H groups in total. The predicted octanol–water partition coefficient (Wildman–Crippen LogP) is 2.78. The van der Waals surface area contributed by atoms with Crippen LogP contribution < -0.4 is 5.73 Å². The van der Waals surface area contributed by atoms with Crippen molar-refractivity contribution in [1.82, 2.24) is 4.98 Å². The normalized spacial score (nSPS) is 24.6. The van der Waals surface area contributed by atoms with E-state index in [-0.39, 0.29) is 12.2 Å². The van der Waals surface area contributed by atoms with Gasteiger partial charge in [0, 0.05) is 6.54 Å². The van der Waals surface area contributed by atoms with Gasteiger partial charge in [-0.05, 0) is 37.5 Å². The van der Waals surface area contributed by atoms with Crippen LogP contribution in [0, 0.1) is 6.92 Å². The molecule has 0 bridgehead atoms. The first kappa shape index (κ1) is 11.1. The summed E-state index contributed by atoms with van der Waals surface area (Å²) in [6, 6.07) is 6.37. The van der Waals surface area contributed by atoms with Crippen LogP contribution in [0.5, 0.6) is 0 Å². The molecule has 0 saturated carbocycles. The lowest BCUT2D eigenvalue weighted by atomic mass is 10.2. The minimum absolute atomic E-state index is 0.154. The molecule has 17 heavy (non-hydrogen) atoms. The van der Waals surface area contributed by atoms with E-state index in [0.717, 1.165) is 23.4 Å². The lowest BCUT2D eigenvalue weighted by molar-refractivity contribution is 0.0498. The number of fused-ring (bicyclic) bond motifs is 1. The molecule has 90 valence electrons. The molecule has 1 aliphatic rings. The Kier molecular flexibility index (Phi) is 2.86. The third kappa shape index (κ3) is 2.08. The molecule has 4 heteroatoms. The number of benzene rings is 1. The van der Waals surface area contributed by atoms with Gasteiger partial charge in [-0.2, -0.15) is 0 Å². The third-order valence-electron chi connectivity index (χ3n) is 3.21. The van der Waals surface area contributed by atoms with E-state index in [2.05, 4.69) is 30.1 Å². The number of aromatic nitrogens is 1. The fourth-order valence-electron chi connectivity index (χ4n) is 2.25. The van der Waals surface area contributed by atoms with Crippen LogP contribution >= 0.6 is 11.3 Å². The smallest absolute Gasteiger partial charge is 0.123 e. The quantitative estimate of drug-likeness (QED) is 0.889. The van der Waals surface area contributed by atoms with Gasteiger partial charge in [0.1, 0.15) is 11.1 Å². The van der Waals surface area contributed by atoms with Gasteiger partial charge in [-0.1, -0.05) is 6.07 Å². The Labute approximate surface area is 105 Å². The minimum atomic E-state index is 0.154. The van der Waals surface area contributed by atoms with Crippen LogP contribution in [0.3, 0.4) is 0 Å². The molecule has 0 spiro atoms. The van der Waals surface area contributed by atoms with Gasteiger partial charge < -0.3 is 10.5 Å². The lowest BCUT2D eigenvalue weighted by Crippen LogP contribution is -2.18. The Morgan fingerprint density at radius 2 is 2.35 bits per heavy atom. The minimum Gasteiger partial charge on any atom is -0.366 e. The van der Waals surface area contributed by atoms with Gasteiger partial charge in [0.05, 0.1) is 16.3 Å². The first-order chi connectivity index (χ1) is 8.26. The predicted molar refractivity (Wildman–Crippen MR) is 70.3 cm³/mol. The summed E-state index contributed by atoms with van der Waals surface area (Å²) in [5.74, 6) is 0. The molecule has 1 aromatic heterocycles. The van der Waals surface area contributed by atoms with E-state index in [0.29, 0.717) is 6.54 Å². The summed E-state index contributed by atoms with van der Waals surface area (Å²) in [5.41, 5.74) is 7.98. The summed E-state index contributed by atoms with van der Waals surface area (Å²) in [7, 11) is 0. The van der Waals surface area contributed by atoms with E-state index in [1.807, 2.05) is 0 Å². The van der Waals surface area contributed by atoms with Crippen molar-refractivity contribution in [1.29, 1.82) is 0 Å². The second kappa shape index (κ2) is 4.37. The maximum Gasteiger partial charge on any atom is 0.123 e. The largest absolute Gasteiger partial charge is 0.366 e. The van der Waals surface area contributed by atoms with Crippen molar-refractivity contribution in [3.8, 4) is 0 Å². The Morgan fingerprint density at radius 1 is 1.47 bits per heavy atom. The van der Waals surface area contributed by atoms with Crippen molar-refractivity contribution in [3.63, 3.8) is 0 Å². The standard InChI is InChI=1S/C13H16N2OS/c1-8-2-4-10-12(6-8)17-13(15-10)11-5-3-9(7-14)16-11/h2,4,6,9,11H,3,5,7,14H2,1H3. The first-order valence-corrected chi connectivity index (χ1v) is 6.80. The molecule has 1 fully saturated rings. The van der Waals surface area contributed by atoms with Gasteiger partial charge in [-0.3, -0.25) is 0 Å². The number of nitrogens with two attached hydrogens (primary N) is 1. The molecular formula is C13H16N2OS. The van der Waals surface area contributed by atoms with Crippen molar-refractivity contribution in [2.75, 3.05) is 6.54 Å². The maximum atomic E-state index is 5.88. The van der Waals surface area contributed by atoms with Gasteiger partial charge in [0.25, 0.3) is 0 Å². The highest BCUT2D eigenvalue weighted by molar-refractivity contribution is 7.18. The highest BCUT2D eigenvalue weighted by atomic mass is 32.1. The van der Waals surface area contributed by atoms with Crippen LogP contribution in [-0.4, -0.2) is 17.6 Å². The molecule has 1 aliphatic heterocycles. The molecule has 0 amide bonds. The monoisotopic (exact) mass is 248 g/mol. The molecule has 2 heterocycles. The van der Waals surface area contributed by atoms with E-state index < -0.39 is 0 Å². The van der Waals surface area contributed by atoms with Crippen LogP contribution in [0.4, 0.5) is 0 Å². The number of thiazole rings is 1. The zero-order valence-electron chi connectivity index (χ0n) is 9.85. The molecule has 1 saturated heterocycles. The van der Waals surface area contributed by atoms with Crippen LogP contribution in [-0.2, 0) is 4.74 Å². The van der Waals surface area contributed by atoms with Gasteiger partial charge in [0.2, 0.25) is 0 Å². The Hall–Kier alpha value is -0.970. The summed E-state index contributed by atoms with van der Waals surface area (Å²) in [6.07, 6.45) is 2.46.